The second-order valence-corrected chi connectivity index (χ2v) is 8.92. The number of piperazine rings is 1. The number of nitrogens with zero attached hydrogens (tertiary/aromatic N) is 2. The third kappa shape index (κ3) is 4.78. The van der Waals surface area contributed by atoms with Gasteiger partial charge in [-0.1, -0.05) is 41.4 Å². The van der Waals surface area contributed by atoms with Crippen molar-refractivity contribution in [2.75, 3.05) is 26.2 Å². The quantitative estimate of drug-likeness (QED) is 0.731. The van der Waals surface area contributed by atoms with Gasteiger partial charge in [0.1, 0.15) is 0 Å². The van der Waals surface area contributed by atoms with E-state index in [0.717, 1.165) is 41.3 Å². The van der Waals surface area contributed by atoms with E-state index in [4.69, 9.17) is 11.6 Å². The van der Waals surface area contributed by atoms with Crippen LogP contribution in [0.1, 0.15) is 16.7 Å². The monoisotopic (exact) mass is 413 g/mol. The summed E-state index contributed by atoms with van der Waals surface area (Å²) in [7, 11) is -3.43. The van der Waals surface area contributed by atoms with Gasteiger partial charge in [-0.3, -0.25) is 4.90 Å². The molecule has 4 nitrogen and oxygen atoms in total. The number of halogens is 2. The van der Waals surface area contributed by atoms with Crippen molar-refractivity contribution < 1.29 is 20.8 Å². The molecule has 0 aromatic heterocycles. The Labute approximate surface area is 167 Å². The minimum absolute atomic E-state index is 0. The van der Waals surface area contributed by atoms with Crippen LogP contribution in [0.2, 0.25) is 5.02 Å². The van der Waals surface area contributed by atoms with E-state index < -0.39 is 10.0 Å². The zero-order chi connectivity index (χ0) is 18.0. The highest BCUT2D eigenvalue weighted by Crippen LogP contribution is 2.22. The van der Waals surface area contributed by atoms with E-state index in [0.29, 0.717) is 18.0 Å². The lowest BCUT2D eigenvalue weighted by atomic mass is 10.2. The summed E-state index contributed by atoms with van der Waals surface area (Å²) >= 11 is 6.03. The van der Waals surface area contributed by atoms with E-state index in [2.05, 4.69) is 4.90 Å². The summed E-state index contributed by atoms with van der Waals surface area (Å²) in [5.41, 5.74) is 3.03. The highest BCUT2D eigenvalue weighted by Gasteiger charge is 2.29. The van der Waals surface area contributed by atoms with E-state index in [9.17, 15) is 8.42 Å². The minimum atomic E-state index is -3.43. The zero-order valence-corrected chi connectivity index (χ0v) is 17.3. The zero-order valence-electron chi connectivity index (χ0n) is 15.0. The van der Waals surface area contributed by atoms with E-state index in [-0.39, 0.29) is 12.4 Å². The Hall–Kier alpha value is -1.11. The molecule has 0 atom stereocenters. The summed E-state index contributed by atoms with van der Waals surface area (Å²) in [6.45, 7) is 7.07. The van der Waals surface area contributed by atoms with Crippen molar-refractivity contribution in [3.05, 3.63) is 64.2 Å². The molecule has 0 amide bonds. The summed E-state index contributed by atoms with van der Waals surface area (Å²) in [6, 6.07) is 13.3. The summed E-state index contributed by atoms with van der Waals surface area (Å²) in [6.07, 6.45) is 0. The molecule has 7 heteroatoms. The first kappa shape index (κ1) is 21.2. The van der Waals surface area contributed by atoms with Crippen molar-refractivity contribution in [1.29, 1.82) is 0 Å². The minimum Gasteiger partial charge on any atom is -1.00 e. The van der Waals surface area contributed by atoms with Crippen LogP contribution < -0.4 is 12.4 Å². The fraction of sp³-hybridized carbons (Fsp3) is 0.368. The molecule has 0 spiro atoms. The fourth-order valence-corrected chi connectivity index (χ4v) is 5.09. The van der Waals surface area contributed by atoms with Crippen LogP contribution in [0.4, 0.5) is 0 Å². The molecule has 0 aliphatic carbocycles. The number of benzene rings is 2. The van der Waals surface area contributed by atoms with Gasteiger partial charge < -0.3 is 12.4 Å². The molecule has 0 saturated carbocycles. The second kappa shape index (κ2) is 8.72. The summed E-state index contributed by atoms with van der Waals surface area (Å²) in [5, 5.41) is 0.730. The lowest BCUT2D eigenvalue weighted by Crippen LogP contribution is -3.00. The molecule has 0 unspecified atom stereocenters. The molecule has 1 heterocycles. The van der Waals surface area contributed by atoms with Crippen molar-refractivity contribution in [2.24, 2.45) is 0 Å². The topological polar surface area (TPSA) is 40.6 Å². The second-order valence-electron chi connectivity index (χ2n) is 6.58. The van der Waals surface area contributed by atoms with Crippen molar-refractivity contribution in [1.82, 2.24) is 9.21 Å². The van der Waals surface area contributed by atoms with E-state index in [1.165, 1.54) is 0 Å². The third-order valence-electron chi connectivity index (χ3n) is 4.57. The van der Waals surface area contributed by atoms with Gasteiger partial charge in [-0.15, -0.1) is 0 Å². The predicted octanol–water partition coefficient (Wildman–Crippen LogP) is 0.467. The van der Waals surface area contributed by atoms with E-state index >= 15 is 0 Å². The maximum atomic E-state index is 12.9. The standard InChI is InChI=1S/C19H23ClN2O2S.ClH/c1-15-6-7-19(16(2)12-15)25(23,24)22-10-8-21(9-11-22)14-17-4-3-5-18(20)13-17;/h3-7,12-13H,8-11,14H2,1-2H3;1H/p-1. The van der Waals surface area contributed by atoms with Crippen molar-refractivity contribution in [2.45, 2.75) is 25.3 Å². The number of sulfonamides is 1. The van der Waals surface area contributed by atoms with Crippen LogP contribution in [-0.4, -0.2) is 43.8 Å². The third-order valence-corrected chi connectivity index (χ3v) is 6.87. The predicted molar refractivity (Wildman–Crippen MR) is 101 cm³/mol. The molecule has 0 bridgehead atoms. The van der Waals surface area contributed by atoms with Gasteiger partial charge in [0.2, 0.25) is 10.0 Å². The number of rotatable bonds is 4. The smallest absolute Gasteiger partial charge is 0.243 e. The first-order chi connectivity index (χ1) is 11.9. The fourth-order valence-electron chi connectivity index (χ4n) is 3.25. The maximum absolute atomic E-state index is 12.9. The van der Waals surface area contributed by atoms with Gasteiger partial charge in [-0.25, -0.2) is 8.42 Å². The van der Waals surface area contributed by atoms with E-state index in [1.807, 2.05) is 50.2 Å². The normalized spacial score (nSPS) is 16.3. The lowest BCUT2D eigenvalue weighted by molar-refractivity contribution is -0.00000788. The van der Waals surface area contributed by atoms with Crippen molar-refractivity contribution in [3.8, 4) is 0 Å². The average molecular weight is 414 g/mol. The molecule has 0 radical (unpaired) electrons. The van der Waals surface area contributed by atoms with E-state index in [1.54, 1.807) is 10.4 Å². The molecular formula is C19H23Cl2N2O2S-. The number of hydrogen-bond donors (Lipinski definition) is 0. The Balaban J connectivity index is 0.00000243. The molecule has 1 aliphatic heterocycles. The molecule has 1 saturated heterocycles. The van der Waals surface area contributed by atoms with Gasteiger partial charge in [-0.2, -0.15) is 4.31 Å². The first-order valence-electron chi connectivity index (χ1n) is 8.40. The number of hydrogen-bond acceptors (Lipinski definition) is 3. The van der Waals surface area contributed by atoms with Crippen LogP contribution in [0.25, 0.3) is 0 Å². The van der Waals surface area contributed by atoms with Gasteiger partial charge in [-0.05, 0) is 43.2 Å². The Bertz CT molecular complexity index is 864. The lowest BCUT2D eigenvalue weighted by Gasteiger charge is -2.34. The molecule has 2 aromatic carbocycles. The maximum Gasteiger partial charge on any atom is 0.243 e. The summed E-state index contributed by atoms with van der Waals surface area (Å²) in [4.78, 5) is 2.68. The van der Waals surface area contributed by atoms with Gasteiger partial charge in [0, 0.05) is 37.7 Å². The van der Waals surface area contributed by atoms with Crippen LogP contribution in [0, 0.1) is 13.8 Å². The number of aryl methyl sites for hydroxylation is 2. The molecule has 142 valence electrons. The molecule has 1 fully saturated rings. The van der Waals surface area contributed by atoms with Gasteiger partial charge in [0.15, 0.2) is 0 Å². The SMILES string of the molecule is Cc1ccc(S(=O)(=O)N2CCN(Cc3cccc(Cl)c3)CC2)c(C)c1.[Cl-]. The van der Waals surface area contributed by atoms with Crippen LogP contribution >= 0.6 is 11.6 Å². The summed E-state index contributed by atoms with van der Waals surface area (Å²) < 4.78 is 27.4. The highest BCUT2D eigenvalue weighted by atomic mass is 35.5. The Morgan fingerprint density at radius 3 is 2.31 bits per heavy atom. The van der Waals surface area contributed by atoms with Crippen LogP contribution in [0.15, 0.2) is 47.4 Å². The highest BCUT2D eigenvalue weighted by molar-refractivity contribution is 7.89. The molecule has 3 rings (SSSR count). The summed E-state index contributed by atoms with van der Waals surface area (Å²) in [5.74, 6) is 0. The molecule has 1 aliphatic rings. The molecule has 2 aromatic rings. The van der Waals surface area contributed by atoms with Crippen molar-refractivity contribution >= 4 is 21.6 Å². The largest absolute Gasteiger partial charge is 1.00 e. The van der Waals surface area contributed by atoms with Crippen molar-refractivity contribution in [3.63, 3.8) is 0 Å². The molecule has 0 N–H and O–H groups in total. The van der Waals surface area contributed by atoms with Crippen LogP contribution in [0.5, 0.6) is 0 Å². The Kier molecular flexibility index (Phi) is 7.11. The van der Waals surface area contributed by atoms with Gasteiger partial charge >= 0.3 is 0 Å². The molecular weight excluding hydrogens is 391 g/mol. The van der Waals surface area contributed by atoms with Crippen LogP contribution in [-0.2, 0) is 16.6 Å². The molecule has 26 heavy (non-hydrogen) atoms. The average Bonchev–Trinajstić information content (AvgIpc) is 2.55. The van der Waals surface area contributed by atoms with Gasteiger partial charge in [0.25, 0.3) is 0 Å². The van der Waals surface area contributed by atoms with Gasteiger partial charge in [0.05, 0.1) is 4.90 Å². The Morgan fingerprint density at radius 2 is 1.69 bits per heavy atom. The Morgan fingerprint density at radius 1 is 1.00 bits per heavy atom. The van der Waals surface area contributed by atoms with Crippen LogP contribution in [0.3, 0.4) is 0 Å². The first-order valence-corrected chi connectivity index (χ1v) is 10.2.